The van der Waals surface area contributed by atoms with E-state index >= 15 is 0 Å². The zero-order valence-corrected chi connectivity index (χ0v) is 14.1. The van der Waals surface area contributed by atoms with Crippen LogP contribution in [0.1, 0.15) is 24.0 Å². The van der Waals surface area contributed by atoms with Gasteiger partial charge >= 0.3 is 0 Å². The Morgan fingerprint density at radius 3 is 2.57 bits per heavy atom. The summed E-state index contributed by atoms with van der Waals surface area (Å²) in [5.74, 6) is 0. The van der Waals surface area contributed by atoms with E-state index < -0.39 is 10.0 Å². The van der Waals surface area contributed by atoms with Crippen molar-refractivity contribution >= 4 is 15.7 Å². The maximum Gasteiger partial charge on any atom is 0.243 e. The molecule has 1 aromatic carbocycles. The minimum absolute atomic E-state index is 0.274. The van der Waals surface area contributed by atoms with Crippen LogP contribution in [-0.2, 0) is 10.0 Å². The van der Waals surface area contributed by atoms with Crippen molar-refractivity contribution in [2.75, 3.05) is 32.9 Å². The lowest BCUT2D eigenvalue weighted by Crippen LogP contribution is -2.47. The number of hydrogen-bond acceptors (Lipinski definition) is 4. The lowest BCUT2D eigenvalue weighted by Gasteiger charge is -2.35. The first kappa shape index (κ1) is 16.3. The van der Waals surface area contributed by atoms with Crippen LogP contribution >= 0.6 is 0 Å². The summed E-state index contributed by atoms with van der Waals surface area (Å²) in [5.41, 5.74) is 8.04. The number of aryl methyl sites for hydroxylation is 1. The molecule has 1 unspecified atom stereocenters. The molecular weight excluding hydrogens is 286 g/mol. The standard InChI is InChI=1S/C15H25N3O2S/c1-11-8-13(16)9-15(12(11)2)21(19,20)18-7-5-6-14(10-18)17(3)4/h8-9,14H,5-7,10,16H2,1-4H3. The molecule has 2 rings (SSSR count). The van der Waals surface area contributed by atoms with Gasteiger partial charge in [0.15, 0.2) is 0 Å². The van der Waals surface area contributed by atoms with Crippen molar-refractivity contribution in [1.82, 2.24) is 9.21 Å². The third kappa shape index (κ3) is 3.22. The fourth-order valence-corrected chi connectivity index (χ4v) is 4.67. The Balaban J connectivity index is 2.38. The smallest absolute Gasteiger partial charge is 0.243 e. The van der Waals surface area contributed by atoms with E-state index in [4.69, 9.17) is 5.73 Å². The summed E-state index contributed by atoms with van der Waals surface area (Å²) in [4.78, 5) is 2.44. The number of nitrogens with two attached hydrogens (primary N) is 1. The molecule has 1 aromatic rings. The Bertz CT molecular complexity index is 626. The summed E-state index contributed by atoms with van der Waals surface area (Å²) in [6.45, 7) is 4.86. The number of piperidine rings is 1. The average Bonchev–Trinajstić information content (AvgIpc) is 2.42. The number of anilines is 1. The number of nitrogen functional groups attached to an aromatic ring is 1. The topological polar surface area (TPSA) is 66.6 Å². The molecule has 0 saturated carbocycles. The van der Waals surface area contributed by atoms with Crippen LogP contribution in [-0.4, -0.2) is 50.8 Å². The third-order valence-corrected chi connectivity index (χ3v) is 6.34. The van der Waals surface area contributed by atoms with Gasteiger partial charge in [0.05, 0.1) is 4.90 Å². The zero-order chi connectivity index (χ0) is 15.8. The maximum absolute atomic E-state index is 12.9. The predicted octanol–water partition coefficient (Wildman–Crippen LogP) is 1.60. The lowest BCUT2D eigenvalue weighted by atomic mass is 10.1. The number of nitrogens with zero attached hydrogens (tertiary/aromatic N) is 2. The molecule has 0 aliphatic carbocycles. The molecule has 1 fully saturated rings. The van der Waals surface area contributed by atoms with Gasteiger partial charge < -0.3 is 10.6 Å². The summed E-state index contributed by atoms with van der Waals surface area (Å²) in [6, 6.07) is 3.67. The maximum atomic E-state index is 12.9. The quantitative estimate of drug-likeness (QED) is 0.861. The molecular formula is C15H25N3O2S. The van der Waals surface area contributed by atoms with E-state index in [1.807, 2.05) is 34.0 Å². The number of likely N-dealkylation sites (N-methyl/N-ethyl adjacent to an activating group) is 1. The predicted molar refractivity (Wildman–Crippen MR) is 85.8 cm³/mol. The Kier molecular flexibility index (Phi) is 4.60. The highest BCUT2D eigenvalue weighted by Gasteiger charge is 2.32. The fourth-order valence-electron chi connectivity index (χ4n) is 2.82. The molecule has 1 heterocycles. The van der Waals surface area contributed by atoms with E-state index in [1.165, 1.54) is 0 Å². The molecule has 5 nitrogen and oxygen atoms in total. The molecule has 1 aliphatic heterocycles. The van der Waals surface area contributed by atoms with Gasteiger partial charge in [-0.2, -0.15) is 4.31 Å². The van der Waals surface area contributed by atoms with Crippen LogP contribution in [0, 0.1) is 13.8 Å². The van der Waals surface area contributed by atoms with E-state index in [1.54, 1.807) is 10.4 Å². The second kappa shape index (κ2) is 5.94. The number of rotatable bonds is 3. The molecule has 118 valence electrons. The molecule has 0 bridgehead atoms. The van der Waals surface area contributed by atoms with E-state index in [-0.39, 0.29) is 6.04 Å². The van der Waals surface area contributed by atoms with Gasteiger partial charge in [-0.15, -0.1) is 0 Å². The summed E-state index contributed by atoms with van der Waals surface area (Å²) in [6.07, 6.45) is 1.93. The first-order chi connectivity index (χ1) is 9.73. The Morgan fingerprint density at radius 1 is 1.29 bits per heavy atom. The molecule has 0 amide bonds. The highest BCUT2D eigenvalue weighted by Crippen LogP contribution is 2.28. The van der Waals surface area contributed by atoms with E-state index in [0.29, 0.717) is 23.7 Å². The zero-order valence-electron chi connectivity index (χ0n) is 13.3. The second-order valence-corrected chi connectivity index (χ2v) is 7.99. The van der Waals surface area contributed by atoms with Gasteiger partial charge in [0.1, 0.15) is 0 Å². The molecule has 0 aromatic heterocycles. The largest absolute Gasteiger partial charge is 0.399 e. The highest BCUT2D eigenvalue weighted by molar-refractivity contribution is 7.89. The van der Waals surface area contributed by atoms with Crippen LogP contribution in [0.3, 0.4) is 0 Å². The summed E-state index contributed by atoms with van der Waals surface area (Å²) in [5, 5.41) is 0. The van der Waals surface area contributed by atoms with Gasteiger partial charge in [-0.3, -0.25) is 0 Å². The van der Waals surface area contributed by atoms with E-state index in [2.05, 4.69) is 4.90 Å². The minimum Gasteiger partial charge on any atom is -0.399 e. The number of sulfonamides is 1. The highest BCUT2D eigenvalue weighted by atomic mass is 32.2. The van der Waals surface area contributed by atoms with Crippen LogP contribution in [0.5, 0.6) is 0 Å². The summed E-state index contributed by atoms with van der Waals surface area (Å²) < 4.78 is 27.5. The van der Waals surface area contributed by atoms with Crippen molar-refractivity contribution in [3.63, 3.8) is 0 Å². The molecule has 1 saturated heterocycles. The molecule has 2 N–H and O–H groups in total. The van der Waals surface area contributed by atoms with Crippen molar-refractivity contribution in [1.29, 1.82) is 0 Å². The first-order valence-electron chi connectivity index (χ1n) is 7.26. The van der Waals surface area contributed by atoms with Gasteiger partial charge in [-0.05, 0) is 64.0 Å². The van der Waals surface area contributed by atoms with Crippen LogP contribution in [0.15, 0.2) is 17.0 Å². The van der Waals surface area contributed by atoms with E-state index in [9.17, 15) is 8.42 Å². The first-order valence-corrected chi connectivity index (χ1v) is 8.71. The molecule has 0 spiro atoms. The number of benzene rings is 1. The van der Waals surface area contributed by atoms with Crippen molar-refractivity contribution in [3.05, 3.63) is 23.3 Å². The van der Waals surface area contributed by atoms with Gasteiger partial charge in [0, 0.05) is 24.8 Å². The van der Waals surface area contributed by atoms with Crippen molar-refractivity contribution in [3.8, 4) is 0 Å². The molecule has 0 radical (unpaired) electrons. The van der Waals surface area contributed by atoms with Crippen molar-refractivity contribution in [2.45, 2.75) is 37.6 Å². The van der Waals surface area contributed by atoms with Crippen LogP contribution in [0.25, 0.3) is 0 Å². The SMILES string of the molecule is Cc1cc(N)cc(S(=O)(=O)N2CCCC(N(C)C)C2)c1C. The Hall–Kier alpha value is -1.11. The number of hydrogen-bond donors (Lipinski definition) is 1. The van der Waals surface area contributed by atoms with Gasteiger partial charge in [-0.1, -0.05) is 0 Å². The van der Waals surface area contributed by atoms with Gasteiger partial charge in [0.25, 0.3) is 0 Å². The normalized spacial score (nSPS) is 20.9. The Labute approximate surface area is 127 Å². The van der Waals surface area contributed by atoms with Crippen LogP contribution in [0.4, 0.5) is 5.69 Å². The molecule has 21 heavy (non-hydrogen) atoms. The lowest BCUT2D eigenvalue weighted by molar-refractivity contribution is 0.190. The van der Waals surface area contributed by atoms with Crippen molar-refractivity contribution < 1.29 is 8.42 Å². The molecule has 1 aliphatic rings. The fraction of sp³-hybridized carbons (Fsp3) is 0.600. The summed E-state index contributed by atoms with van der Waals surface area (Å²) in [7, 11) is 0.516. The molecule has 1 atom stereocenters. The summed E-state index contributed by atoms with van der Waals surface area (Å²) >= 11 is 0. The monoisotopic (exact) mass is 311 g/mol. The van der Waals surface area contributed by atoms with Crippen LogP contribution in [0.2, 0.25) is 0 Å². The third-order valence-electron chi connectivity index (χ3n) is 4.35. The minimum atomic E-state index is -3.48. The average molecular weight is 311 g/mol. The Morgan fingerprint density at radius 2 is 1.95 bits per heavy atom. The van der Waals surface area contributed by atoms with Gasteiger partial charge in [-0.25, -0.2) is 8.42 Å². The van der Waals surface area contributed by atoms with Gasteiger partial charge in [0.2, 0.25) is 10.0 Å². The van der Waals surface area contributed by atoms with Crippen molar-refractivity contribution in [2.24, 2.45) is 0 Å². The van der Waals surface area contributed by atoms with Crippen LogP contribution < -0.4 is 5.73 Å². The molecule has 6 heteroatoms. The second-order valence-electron chi connectivity index (χ2n) is 6.08. The van der Waals surface area contributed by atoms with E-state index in [0.717, 1.165) is 24.0 Å².